The maximum absolute atomic E-state index is 13.0. The van der Waals surface area contributed by atoms with Gasteiger partial charge in [-0.25, -0.2) is 17.9 Å². The first-order valence-corrected chi connectivity index (χ1v) is 10.9. The number of aryl methyl sites for hydroxylation is 1. The van der Waals surface area contributed by atoms with Gasteiger partial charge in [-0.1, -0.05) is 0 Å². The van der Waals surface area contributed by atoms with Gasteiger partial charge >= 0.3 is 5.97 Å². The van der Waals surface area contributed by atoms with Gasteiger partial charge < -0.3 is 10.0 Å². The average Bonchev–Trinajstić information content (AvgIpc) is 2.65. The first kappa shape index (κ1) is 19.8. The molecule has 148 valence electrons. The lowest BCUT2D eigenvalue weighted by Gasteiger charge is -2.32. The minimum absolute atomic E-state index is 0.00536. The number of likely N-dealkylation sites (tertiary alicyclic amines) is 1. The van der Waals surface area contributed by atoms with Crippen LogP contribution in [0.5, 0.6) is 0 Å². The normalized spacial score (nSPS) is 20.2. The summed E-state index contributed by atoms with van der Waals surface area (Å²) in [5.74, 6) is -1.05. The third kappa shape index (κ3) is 4.50. The van der Waals surface area contributed by atoms with Crippen molar-refractivity contribution in [3.63, 3.8) is 0 Å². The Morgan fingerprint density at radius 3 is 2.67 bits per heavy atom. The van der Waals surface area contributed by atoms with Crippen molar-refractivity contribution in [2.45, 2.75) is 50.3 Å². The van der Waals surface area contributed by atoms with Crippen LogP contribution < -0.4 is 4.72 Å². The fraction of sp³-hybridized carbons (Fsp3) is 0.579. The zero-order valence-electron chi connectivity index (χ0n) is 15.5. The van der Waals surface area contributed by atoms with Crippen molar-refractivity contribution in [3.05, 3.63) is 28.8 Å². The number of carboxylic acid groups (broad SMARTS) is 1. The topological polar surface area (TPSA) is 104 Å². The maximum atomic E-state index is 13.0. The number of piperidine rings is 1. The molecule has 1 heterocycles. The molecule has 27 heavy (non-hydrogen) atoms. The zero-order chi connectivity index (χ0) is 19.6. The Labute approximate surface area is 159 Å². The largest absolute Gasteiger partial charge is 0.478 e. The van der Waals surface area contributed by atoms with Crippen molar-refractivity contribution < 1.29 is 23.1 Å². The Morgan fingerprint density at radius 2 is 1.96 bits per heavy atom. The molecule has 1 unspecified atom stereocenters. The van der Waals surface area contributed by atoms with E-state index in [2.05, 4.69) is 4.72 Å². The molecule has 1 amide bonds. The van der Waals surface area contributed by atoms with Crippen LogP contribution >= 0.6 is 0 Å². The smallest absolute Gasteiger partial charge is 0.335 e. The fourth-order valence-corrected chi connectivity index (χ4v) is 5.46. The lowest BCUT2D eigenvalue weighted by Crippen LogP contribution is -2.43. The molecule has 0 spiro atoms. The van der Waals surface area contributed by atoms with Gasteiger partial charge in [0.25, 0.3) is 0 Å². The summed E-state index contributed by atoms with van der Waals surface area (Å²) in [7, 11) is -3.81. The highest BCUT2D eigenvalue weighted by Crippen LogP contribution is 2.29. The summed E-state index contributed by atoms with van der Waals surface area (Å²) in [5, 5.41) is 9.34. The Morgan fingerprint density at radius 1 is 1.22 bits per heavy atom. The fourth-order valence-electron chi connectivity index (χ4n) is 4.01. The quantitative estimate of drug-likeness (QED) is 0.793. The highest BCUT2D eigenvalue weighted by molar-refractivity contribution is 7.89. The third-order valence-electron chi connectivity index (χ3n) is 5.49. The van der Waals surface area contributed by atoms with Crippen LogP contribution in [0, 0.1) is 5.92 Å². The van der Waals surface area contributed by atoms with E-state index in [4.69, 9.17) is 0 Å². The van der Waals surface area contributed by atoms with E-state index >= 15 is 0 Å². The number of benzene rings is 1. The number of aromatic carboxylic acids is 1. The molecule has 1 saturated heterocycles. The monoisotopic (exact) mass is 394 g/mol. The Hall–Kier alpha value is -1.93. The third-order valence-corrected chi connectivity index (χ3v) is 6.98. The van der Waals surface area contributed by atoms with E-state index in [0.29, 0.717) is 25.9 Å². The predicted molar refractivity (Wildman–Crippen MR) is 100 cm³/mol. The van der Waals surface area contributed by atoms with E-state index < -0.39 is 16.0 Å². The van der Waals surface area contributed by atoms with Crippen LogP contribution in [0.4, 0.5) is 0 Å². The predicted octanol–water partition coefficient (Wildman–Crippen LogP) is 1.80. The maximum Gasteiger partial charge on any atom is 0.335 e. The average molecular weight is 394 g/mol. The molecular formula is C19H26N2O5S. The second-order valence-corrected chi connectivity index (χ2v) is 9.18. The number of fused-ring (bicyclic) bond motifs is 1. The number of carbonyl (C=O) groups excluding carboxylic acids is 1. The Kier molecular flexibility index (Phi) is 5.86. The van der Waals surface area contributed by atoms with Gasteiger partial charge in [-0.2, -0.15) is 0 Å². The zero-order valence-corrected chi connectivity index (χ0v) is 16.3. The minimum Gasteiger partial charge on any atom is -0.478 e. The summed E-state index contributed by atoms with van der Waals surface area (Å²) in [4.78, 5) is 24.8. The van der Waals surface area contributed by atoms with Crippen molar-refractivity contribution in [1.82, 2.24) is 9.62 Å². The van der Waals surface area contributed by atoms with Crippen molar-refractivity contribution in [2.24, 2.45) is 5.92 Å². The minimum atomic E-state index is -3.81. The van der Waals surface area contributed by atoms with Gasteiger partial charge in [0.2, 0.25) is 15.9 Å². The Bertz CT molecular complexity index is 850. The number of nitrogens with zero attached hydrogens (tertiary/aromatic N) is 1. The van der Waals surface area contributed by atoms with Gasteiger partial charge in [0.15, 0.2) is 0 Å². The lowest BCUT2D eigenvalue weighted by atomic mass is 9.90. The second-order valence-electron chi connectivity index (χ2n) is 7.45. The van der Waals surface area contributed by atoms with Gasteiger partial charge in [-0.15, -0.1) is 0 Å². The second kappa shape index (κ2) is 7.98. The molecular weight excluding hydrogens is 368 g/mol. The molecule has 1 aliphatic heterocycles. The number of nitrogens with one attached hydrogen (secondary N) is 1. The van der Waals surface area contributed by atoms with Crippen molar-refractivity contribution in [3.8, 4) is 0 Å². The Balaban J connectivity index is 1.81. The van der Waals surface area contributed by atoms with Crippen LogP contribution in [-0.2, 0) is 27.7 Å². The summed E-state index contributed by atoms with van der Waals surface area (Å²) < 4.78 is 28.6. The number of hydrogen-bond acceptors (Lipinski definition) is 4. The van der Waals surface area contributed by atoms with Crippen LogP contribution in [0.2, 0.25) is 0 Å². The molecule has 3 rings (SSSR count). The number of rotatable bonds is 5. The molecule has 1 aromatic carbocycles. The van der Waals surface area contributed by atoms with Crippen LogP contribution in [0.3, 0.4) is 0 Å². The summed E-state index contributed by atoms with van der Waals surface area (Å²) in [6, 6.07) is 2.87. The van der Waals surface area contributed by atoms with E-state index in [1.165, 1.54) is 13.0 Å². The SMILES string of the molecule is CC(=O)N1CCCC(CNS(=O)(=O)c2cc(C(=O)O)cc3c2CCCC3)C1. The standard InChI is InChI=1S/C19H26N2O5S/c1-13(22)21-8-4-5-14(12-21)11-20-27(25,26)18-10-16(19(23)24)9-15-6-2-3-7-17(15)18/h9-10,14,20H,2-8,11-12H2,1H3,(H,23,24). The van der Waals surface area contributed by atoms with Gasteiger partial charge in [0.05, 0.1) is 10.5 Å². The number of carboxylic acids is 1. The molecule has 0 saturated carbocycles. The van der Waals surface area contributed by atoms with Crippen LogP contribution in [0.25, 0.3) is 0 Å². The lowest BCUT2D eigenvalue weighted by molar-refractivity contribution is -0.130. The first-order valence-electron chi connectivity index (χ1n) is 9.42. The molecule has 0 bridgehead atoms. The van der Waals surface area contributed by atoms with Gasteiger partial charge in [-0.3, -0.25) is 4.79 Å². The number of carbonyl (C=O) groups is 2. The van der Waals surface area contributed by atoms with E-state index in [9.17, 15) is 23.1 Å². The van der Waals surface area contributed by atoms with Crippen LogP contribution in [0.15, 0.2) is 17.0 Å². The van der Waals surface area contributed by atoms with E-state index in [-0.39, 0.29) is 28.8 Å². The molecule has 0 aromatic heterocycles. The number of amides is 1. The highest BCUT2D eigenvalue weighted by Gasteiger charge is 2.27. The van der Waals surface area contributed by atoms with E-state index in [0.717, 1.165) is 36.8 Å². The summed E-state index contributed by atoms with van der Waals surface area (Å²) in [6.07, 6.45) is 4.90. The van der Waals surface area contributed by atoms with Crippen LogP contribution in [-0.4, -0.2) is 49.9 Å². The van der Waals surface area contributed by atoms with E-state index in [1.54, 1.807) is 11.0 Å². The molecule has 2 N–H and O–H groups in total. The molecule has 0 radical (unpaired) electrons. The summed E-state index contributed by atoms with van der Waals surface area (Å²) in [5.41, 5.74) is 1.58. The first-order chi connectivity index (χ1) is 12.8. The molecule has 8 heteroatoms. The van der Waals surface area contributed by atoms with Crippen molar-refractivity contribution in [1.29, 1.82) is 0 Å². The van der Waals surface area contributed by atoms with Crippen molar-refractivity contribution in [2.75, 3.05) is 19.6 Å². The molecule has 7 nitrogen and oxygen atoms in total. The van der Waals surface area contributed by atoms with Crippen LogP contribution in [0.1, 0.15) is 54.1 Å². The summed E-state index contributed by atoms with van der Waals surface area (Å²) in [6.45, 7) is 3.03. The molecule has 1 fully saturated rings. The van der Waals surface area contributed by atoms with Gasteiger partial charge in [0.1, 0.15) is 0 Å². The molecule has 2 aliphatic rings. The number of sulfonamides is 1. The van der Waals surface area contributed by atoms with Crippen molar-refractivity contribution >= 4 is 21.9 Å². The summed E-state index contributed by atoms with van der Waals surface area (Å²) >= 11 is 0. The highest BCUT2D eigenvalue weighted by atomic mass is 32.2. The van der Waals surface area contributed by atoms with E-state index in [1.807, 2.05) is 0 Å². The van der Waals surface area contributed by atoms with Gasteiger partial charge in [-0.05, 0) is 67.7 Å². The molecule has 1 aliphatic carbocycles. The molecule has 1 atom stereocenters. The number of hydrogen-bond donors (Lipinski definition) is 2. The molecule has 1 aromatic rings. The van der Waals surface area contributed by atoms with Gasteiger partial charge in [0, 0.05) is 26.6 Å².